The van der Waals surface area contributed by atoms with E-state index in [0.717, 1.165) is 39.5 Å². The third-order valence-corrected chi connectivity index (χ3v) is 10.4. The number of benzene rings is 7. The Balaban J connectivity index is 1.14. The molecule has 0 N–H and O–H groups in total. The minimum Gasteiger partial charge on any atom is -0.309 e. The second-order valence-electron chi connectivity index (χ2n) is 13.2. The van der Waals surface area contributed by atoms with Crippen molar-refractivity contribution in [3.05, 3.63) is 182 Å². The van der Waals surface area contributed by atoms with E-state index < -0.39 is 0 Å². The zero-order chi connectivity index (χ0) is 33.5. The molecule has 0 aliphatic rings. The maximum atomic E-state index is 5.38. The molecule has 0 unspecified atom stereocenters. The van der Waals surface area contributed by atoms with Crippen LogP contribution < -0.4 is 0 Å². The monoisotopic (exact) mass is 650 g/mol. The number of rotatable bonds is 4. The van der Waals surface area contributed by atoms with Gasteiger partial charge in [-0.15, -0.1) is 0 Å². The quantitative estimate of drug-likeness (QED) is 0.186. The van der Waals surface area contributed by atoms with E-state index in [-0.39, 0.29) is 0 Å². The molecule has 0 saturated carbocycles. The molecule has 0 atom stereocenters. The minimum atomic E-state index is 0.900. The average molecular weight is 651 g/mol. The fourth-order valence-electron chi connectivity index (χ4n) is 8.32. The molecule has 238 valence electrons. The smallest absolute Gasteiger partial charge is 0.138 e. The van der Waals surface area contributed by atoms with Crippen molar-refractivity contribution < 1.29 is 0 Å². The van der Waals surface area contributed by atoms with Crippen LogP contribution in [-0.2, 0) is 0 Å². The van der Waals surface area contributed by atoms with Gasteiger partial charge in [-0.1, -0.05) is 103 Å². The molecular formula is C47H30N4. The molecule has 0 spiro atoms. The summed E-state index contributed by atoms with van der Waals surface area (Å²) >= 11 is 0. The molecule has 0 aliphatic carbocycles. The lowest BCUT2D eigenvalue weighted by molar-refractivity contribution is 1.08. The van der Waals surface area contributed by atoms with Gasteiger partial charge in [0.25, 0.3) is 0 Å². The predicted molar refractivity (Wildman–Crippen MR) is 213 cm³/mol. The Bertz CT molecular complexity index is 3130. The molecule has 0 bridgehead atoms. The first-order valence-electron chi connectivity index (χ1n) is 17.4. The highest BCUT2D eigenvalue weighted by Gasteiger charge is 2.21. The fourth-order valence-corrected chi connectivity index (χ4v) is 8.32. The van der Waals surface area contributed by atoms with Crippen molar-refractivity contribution in [2.75, 3.05) is 0 Å². The molecule has 4 heterocycles. The number of nitrogens with zero attached hydrogens (tertiary/aromatic N) is 4. The molecule has 0 radical (unpaired) electrons. The van der Waals surface area contributed by atoms with E-state index in [4.69, 9.17) is 4.98 Å². The lowest BCUT2D eigenvalue weighted by atomic mass is 10.1. The standard InChI is InChI=1S/C47H30N4/c1-3-14-32(15-4-1)49-39-22-10-7-18-34(39)37-30-31(26-27-42(37)49)38-21-13-25-45(48-38)51-41-24-12-9-20-36(41)47-44(51)29-28-43-46(47)35-19-8-11-23-40(35)50(43)33-16-5-2-6-17-33/h1-30H. The van der Waals surface area contributed by atoms with Gasteiger partial charge in [-0.05, 0) is 78.9 Å². The molecule has 51 heavy (non-hydrogen) atoms. The first kappa shape index (κ1) is 28.0. The van der Waals surface area contributed by atoms with Gasteiger partial charge in [0.15, 0.2) is 0 Å². The highest BCUT2D eigenvalue weighted by Crippen LogP contribution is 2.42. The molecule has 0 fully saturated rings. The number of pyridine rings is 1. The van der Waals surface area contributed by atoms with Gasteiger partial charge in [-0.3, -0.25) is 4.57 Å². The lowest BCUT2D eigenvalue weighted by Crippen LogP contribution is -1.98. The molecule has 11 aromatic rings. The molecular weight excluding hydrogens is 621 g/mol. The van der Waals surface area contributed by atoms with Crippen LogP contribution in [0.3, 0.4) is 0 Å². The van der Waals surface area contributed by atoms with Crippen molar-refractivity contribution in [1.29, 1.82) is 0 Å². The molecule has 4 nitrogen and oxygen atoms in total. The number of para-hydroxylation sites is 5. The molecule has 4 aromatic heterocycles. The van der Waals surface area contributed by atoms with Gasteiger partial charge in [0.2, 0.25) is 0 Å². The van der Waals surface area contributed by atoms with Gasteiger partial charge >= 0.3 is 0 Å². The summed E-state index contributed by atoms with van der Waals surface area (Å²) in [5, 5.41) is 7.42. The number of hydrogen-bond acceptors (Lipinski definition) is 1. The van der Waals surface area contributed by atoms with E-state index in [0.29, 0.717) is 0 Å². The summed E-state index contributed by atoms with van der Waals surface area (Å²) in [7, 11) is 0. The summed E-state index contributed by atoms with van der Waals surface area (Å²) in [6.07, 6.45) is 0. The predicted octanol–water partition coefficient (Wildman–Crippen LogP) is 12.0. The topological polar surface area (TPSA) is 27.7 Å². The van der Waals surface area contributed by atoms with Crippen LogP contribution in [0.5, 0.6) is 0 Å². The molecule has 7 aromatic carbocycles. The van der Waals surface area contributed by atoms with E-state index in [2.05, 4.69) is 196 Å². The summed E-state index contributed by atoms with van der Waals surface area (Å²) < 4.78 is 7.08. The van der Waals surface area contributed by atoms with Crippen LogP contribution in [0.4, 0.5) is 0 Å². The maximum absolute atomic E-state index is 5.38. The van der Waals surface area contributed by atoms with Gasteiger partial charge < -0.3 is 9.13 Å². The first-order chi connectivity index (χ1) is 25.3. The van der Waals surface area contributed by atoms with Crippen LogP contribution >= 0.6 is 0 Å². The zero-order valence-electron chi connectivity index (χ0n) is 27.6. The summed E-state index contributed by atoms with van der Waals surface area (Å²) in [5.74, 6) is 0.900. The van der Waals surface area contributed by atoms with E-state index in [1.165, 1.54) is 54.4 Å². The van der Waals surface area contributed by atoms with Gasteiger partial charge in [0.05, 0.1) is 38.8 Å². The van der Waals surface area contributed by atoms with E-state index >= 15 is 0 Å². The van der Waals surface area contributed by atoms with Gasteiger partial charge in [-0.25, -0.2) is 4.98 Å². The summed E-state index contributed by atoms with van der Waals surface area (Å²) in [6.45, 7) is 0. The molecule has 4 heteroatoms. The Morgan fingerprint density at radius 3 is 1.43 bits per heavy atom. The van der Waals surface area contributed by atoms with Crippen LogP contribution in [0, 0.1) is 0 Å². The SMILES string of the molecule is c1ccc(-n2c3ccccc3c3cc(-c4cccc(-n5c6ccccc6c6c7c8ccccc8n(-c8ccccc8)c7ccc65)n4)ccc32)cc1. The Labute approximate surface area is 293 Å². The summed E-state index contributed by atoms with van der Waals surface area (Å²) in [5.41, 5.74) is 11.4. The van der Waals surface area contributed by atoms with Gasteiger partial charge in [-0.2, -0.15) is 0 Å². The number of hydrogen-bond donors (Lipinski definition) is 0. The van der Waals surface area contributed by atoms with Crippen LogP contribution in [0.25, 0.3) is 93.9 Å². The van der Waals surface area contributed by atoms with Crippen molar-refractivity contribution >= 4 is 65.4 Å². The van der Waals surface area contributed by atoms with Crippen LogP contribution in [-0.4, -0.2) is 18.7 Å². The Morgan fingerprint density at radius 1 is 0.314 bits per heavy atom. The van der Waals surface area contributed by atoms with Crippen molar-refractivity contribution in [2.24, 2.45) is 0 Å². The summed E-state index contributed by atoms with van der Waals surface area (Å²) in [6, 6.07) is 65.1. The van der Waals surface area contributed by atoms with E-state index in [9.17, 15) is 0 Å². The largest absolute Gasteiger partial charge is 0.309 e. The molecule has 0 saturated heterocycles. The normalized spacial score (nSPS) is 11.9. The molecule has 0 amide bonds. The third kappa shape index (κ3) is 4.05. The van der Waals surface area contributed by atoms with Gasteiger partial charge in [0, 0.05) is 49.3 Å². The third-order valence-electron chi connectivity index (χ3n) is 10.4. The maximum Gasteiger partial charge on any atom is 0.138 e. The van der Waals surface area contributed by atoms with E-state index in [1.807, 2.05) is 0 Å². The summed E-state index contributed by atoms with van der Waals surface area (Å²) in [4.78, 5) is 5.38. The minimum absolute atomic E-state index is 0.900. The zero-order valence-corrected chi connectivity index (χ0v) is 27.6. The van der Waals surface area contributed by atoms with Crippen LogP contribution in [0.2, 0.25) is 0 Å². The first-order valence-corrected chi connectivity index (χ1v) is 17.4. The van der Waals surface area contributed by atoms with Crippen molar-refractivity contribution in [2.45, 2.75) is 0 Å². The van der Waals surface area contributed by atoms with Gasteiger partial charge in [0.1, 0.15) is 5.82 Å². The highest BCUT2D eigenvalue weighted by molar-refractivity contribution is 6.28. The van der Waals surface area contributed by atoms with Crippen LogP contribution in [0.1, 0.15) is 0 Å². The Morgan fingerprint density at radius 2 is 0.784 bits per heavy atom. The molecule has 0 aliphatic heterocycles. The highest BCUT2D eigenvalue weighted by atomic mass is 15.1. The second kappa shape index (κ2) is 10.8. The molecule has 11 rings (SSSR count). The van der Waals surface area contributed by atoms with Crippen molar-refractivity contribution in [1.82, 2.24) is 18.7 Å². The second-order valence-corrected chi connectivity index (χ2v) is 13.2. The van der Waals surface area contributed by atoms with Crippen molar-refractivity contribution in [3.63, 3.8) is 0 Å². The average Bonchev–Trinajstić information content (AvgIpc) is 3.84. The Hall–Kier alpha value is -6.91. The lowest BCUT2D eigenvalue weighted by Gasteiger charge is -2.11. The number of fused-ring (bicyclic) bond motifs is 10. The fraction of sp³-hybridized carbons (Fsp3) is 0. The Kier molecular flexibility index (Phi) is 5.92. The van der Waals surface area contributed by atoms with Crippen LogP contribution in [0.15, 0.2) is 182 Å². The number of aromatic nitrogens is 4. The van der Waals surface area contributed by atoms with E-state index in [1.54, 1.807) is 0 Å². The van der Waals surface area contributed by atoms with Crippen molar-refractivity contribution in [3.8, 4) is 28.5 Å².